The molecule has 2 aromatic rings. The first-order valence-electron chi connectivity index (χ1n) is 6.80. The Hall–Kier alpha value is -1.79. The molecule has 0 spiro atoms. The monoisotopic (exact) mass is 296 g/mol. The molecule has 0 aliphatic rings. The number of ether oxygens (including phenoxy) is 1. The molecule has 114 valence electrons. The van der Waals surface area contributed by atoms with E-state index < -0.39 is 11.6 Å². The van der Waals surface area contributed by atoms with Crippen LogP contribution >= 0.6 is 0 Å². The summed E-state index contributed by atoms with van der Waals surface area (Å²) in [5.41, 5.74) is 0.216. The molecule has 4 nitrogen and oxygen atoms in total. The number of aromatic nitrogens is 1. The first-order chi connectivity index (χ1) is 10.2. The topological polar surface area (TPSA) is 47.3 Å². The zero-order valence-electron chi connectivity index (χ0n) is 11.9. The van der Waals surface area contributed by atoms with Crippen LogP contribution in [0.3, 0.4) is 0 Å². The van der Waals surface area contributed by atoms with E-state index >= 15 is 0 Å². The van der Waals surface area contributed by atoms with Gasteiger partial charge in [0.05, 0.1) is 18.4 Å². The number of benzene rings is 1. The maximum atomic E-state index is 13.6. The van der Waals surface area contributed by atoms with Crippen LogP contribution in [0, 0.1) is 11.6 Å². The lowest BCUT2D eigenvalue weighted by molar-refractivity contribution is 0.199. The van der Waals surface area contributed by atoms with Gasteiger partial charge in [-0.3, -0.25) is 0 Å². The van der Waals surface area contributed by atoms with Gasteiger partial charge >= 0.3 is 0 Å². The minimum atomic E-state index is -0.654. The van der Waals surface area contributed by atoms with Gasteiger partial charge < -0.3 is 14.5 Å². The highest BCUT2D eigenvalue weighted by atomic mass is 19.1. The summed E-state index contributed by atoms with van der Waals surface area (Å²) in [5.74, 6) is -0.408. The Kier molecular flexibility index (Phi) is 5.83. The molecule has 1 aromatic carbocycles. The predicted molar refractivity (Wildman–Crippen MR) is 74.9 cm³/mol. The second kappa shape index (κ2) is 7.85. The Bertz CT molecular complexity index is 573. The number of oxazole rings is 1. The summed E-state index contributed by atoms with van der Waals surface area (Å²) in [6.07, 6.45) is 2.97. The molecule has 1 N–H and O–H groups in total. The van der Waals surface area contributed by atoms with Gasteiger partial charge in [0.15, 0.2) is 11.7 Å². The van der Waals surface area contributed by atoms with Gasteiger partial charge in [-0.2, -0.15) is 0 Å². The SMILES string of the molecule is COCCNCCCc1ncc(-c2ccc(F)cc2F)o1. The van der Waals surface area contributed by atoms with Gasteiger partial charge in [-0.15, -0.1) is 0 Å². The number of aryl methyl sites for hydroxylation is 1. The van der Waals surface area contributed by atoms with Crippen molar-refractivity contribution < 1.29 is 17.9 Å². The van der Waals surface area contributed by atoms with Crippen molar-refractivity contribution in [1.82, 2.24) is 10.3 Å². The van der Waals surface area contributed by atoms with Crippen LogP contribution in [0.2, 0.25) is 0 Å². The second-order valence-electron chi connectivity index (χ2n) is 4.59. The molecule has 21 heavy (non-hydrogen) atoms. The minimum Gasteiger partial charge on any atom is -0.441 e. The lowest BCUT2D eigenvalue weighted by atomic mass is 10.2. The fourth-order valence-electron chi connectivity index (χ4n) is 1.90. The van der Waals surface area contributed by atoms with Gasteiger partial charge in [0.2, 0.25) is 0 Å². The van der Waals surface area contributed by atoms with Crippen molar-refractivity contribution in [3.8, 4) is 11.3 Å². The summed E-state index contributed by atoms with van der Waals surface area (Å²) in [5, 5.41) is 3.21. The molecule has 0 bridgehead atoms. The predicted octanol–water partition coefficient (Wildman–Crippen LogP) is 2.79. The van der Waals surface area contributed by atoms with E-state index in [1.807, 2.05) is 0 Å². The van der Waals surface area contributed by atoms with Gasteiger partial charge in [-0.05, 0) is 25.1 Å². The largest absolute Gasteiger partial charge is 0.441 e. The van der Waals surface area contributed by atoms with Gasteiger partial charge in [-0.1, -0.05) is 0 Å². The normalized spacial score (nSPS) is 11.0. The average Bonchev–Trinajstić information content (AvgIpc) is 2.91. The minimum absolute atomic E-state index is 0.216. The Morgan fingerprint density at radius 3 is 2.90 bits per heavy atom. The highest BCUT2D eigenvalue weighted by Crippen LogP contribution is 2.24. The van der Waals surface area contributed by atoms with E-state index in [9.17, 15) is 8.78 Å². The Labute approximate surface area is 122 Å². The first kappa shape index (κ1) is 15.6. The summed E-state index contributed by atoms with van der Waals surface area (Å²) in [6, 6.07) is 3.37. The van der Waals surface area contributed by atoms with E-state index in [2.05, 4.69) is 10.3 Å². The van der Waals surface area contributed by atoms with Gasteiger partial charge in [0.25, 0.3) is 0 Å². The van der Waals surface area contributed by atoms with Gasteiger partial charge in [0.1, 0.15) is 11.6 Å². The summed E-state index contributed by atoms with van der Waals surface area (Å²) in [4.78, 5) is 4.11. The third-order valence-electron chi connectivity index (χ3n) is 2.98. The molecule has 0 saturated carbocycles. The number of hydrogen-bond acceptors (Lipinski definition) is 4. The van der Waals surface area contributed by atoms with E-state index in [1.54, 1.807) is 7.11 Å². The van der Waals surface area contributed by atoms with Crippen molar-refractivity contribution in [3.05, 3.63) is 41.9 Å². The summed E-state index contributed by atoms with van der Waals surface area (Å²) < 4.78 is 36.9. The van der Waals surface area contributed by atoms with Gasteiger partial charge in [0, 0.05) is 26.1 Å². The third kappa shape index (κ3) is 4.61. The number of halogens is 2. The lowest BCUT2D eigenvalue weighted by Crippen LogP contribution is -2.20. The number of nitrogens with one attached hydrogen (secondary N) is 1. The highest BCUT2D eigenvalue weighted by Gasteiger charge is 2.11. The number of nitrogens with zero attached hydrogens (tertiary/aromatic N) is 1. The summed E-state index contributed by atoms with van der Waals surface area (Å²) >= 11 is 0. The van der Waals surface area contributed by atoms with E-state index in [0.717, 1.165) is 25.6 Å². The molecule has 2 rings (SSSR count). The smallest absolute Gasteiger partial charge is 0.194 e. The molecule has 0 atom stereocenters. The maximum Gasteiger partial charge on any atom is 0.194 e. The number of methoxy groups -OCH3 is 1. The Balaban J connectivity index is 1.86. The zero-order chi connectivity index (χ0) is 15.1. The van der Waals surface area contributed by atoms with E-state index in [0.29, 0.717) is 24.7 Å². The first-order valence-corrected chi connectivity index (χ1v) is 6.80. The van der Waals surface area contributed by atoms with Gasteiger partial charge in [-0.25, -0.2) is 13.8 Å². The Morgan fingerprint density at radius 2 is 2.14 bits per heavy atom. The highest BCUT2D eigenvalue weighted by molar-refractivity contribution is 5.57. The van der Waals surface area contributed by atoms with Crippen LogP contribution in [0.4, 0.5) is 8.78 Å². The molecule has 0 amide bonds. The maximum absolute atomic E-state index is 13.6. The van der Waals surface area contributed by atoms with Crippen molar-refractivity contribution >= 4 is 0 Å². The molecule has 0 saturated heterocycles. The number of hydrogen-bond donors (Lipinski definition) is 1. The van der Waals surface area contributed by atoms with Crippen LogP contribution in [0.25, 0.3) is 11.3 Å². The average molecular weight is 296 g/mol. The molecular formula is C15H18F2N2O2. The van der Waals surface area contributed by atoms with Crippen LogP contribution in [0.1, 0.15) is 12.3 Å². The third-order valence-corrected chi connectivity index (χ3v) is 2.98. The zero-order valence-corrected chi connectivity index (χ0v) is 11.9. The fraction of sp³-hybridized carbons (Fsp3) is 0.400. The molecule has 0 aliphatic carbocycles. The molecule has 0 unspecified atom stereocenters. The van der Waals surface area contributed by atoms with Crippen molar-refractivity contribution in [2.45, 2.75) is 12.8 Å². The second-order valence-corrected chi connectivity index (χ2v) is 4.59. The molecular weight excluding hydrogens is 278 g/mol. The lowest BCUT2D eigenvalue weighted by Gasteiger charge is -2.02. The van der Waals surface area contributed by atoms with Crippen LogP contribution in [-0.2, 0) is 11.2 Å². The van der Waals surface area contributed by atoms with Crippen LogP contribution in [0.15, 0.2) is 28.8 Å². The summed E-state index contributed by atoms with van der Waals surface area (Å²) in [6.45, 7) is 2.30. The standard InChI is InChI=1S/C15H18F2N2O2/c1-20-8-7-18-6-2-3-15-19-10-14(21-15)12-5-4-11(16)9-13(12)17/h4-5,9-10,18H,2-3,6-8H2,1H3. The van der Waals surface area contributed by atoms with Crippen molar-refractivity contribution in [1.29, 1.82) is 0 Å². The van der Waals surface area contributed by atoms with Crippen LogP contribution < -0.4 is 5.32 Å². The molecule has 0 aliphatic heterocycles. The van der Waals surface area contributed by atoms with E-state index in [1.165, 1.54) is 18.3 Å². The quantitative estimate of drug-likeness (QED) is 0.761. The number of rotatable bonds is 8. The van der Waals surface area contributed by atoms with Crippen molar-refractivity contribution in [2.75, 3.05) is 26.8 Å². The Morgan fingerprint density at radius 1 is 1.29 bits per heavy atom. The summed E-state index contributed by atoms with van der Waals surface area (Å²) in [7, 11) is 1.66. The van der Waals surface area contributed by atoms with Crippen molar-refractivity contribution in [2.24, 2.45) is 0 Å². The molecule has 6 heteroatoms. The fourth-order valence-corrected chi connectivity index (χ4v) is 1.90. The van der Waals surface area contributed by atoms with Crippen LogP contribution in [-0.4, -0.2) is 31.8 Å². The molecule has 0 radical (unpaired) electrons. The molecule has 1 aromatic heterocycles. The van der Waals surface area contributed by atoms with E-state index in [-0.39, 0.29) is 5.56 Å². The molecule has 1 heterocycles. The van der Waals surface area contributed by atoms with Crippen molar-refractivity contribution in [3.63, 3.8) is 0 Å². The van der Waals surface area contributed by atoms with E-state index in [4.69, 9.17) is 9.15 Å². The molecule has 0 fully saturated rings. The van der Waals surface area contributed by atoms with Crippen LogP contribution in [0.5, 0.6) is 0 Å².